The minimum atomic E-state index is 0.178. The van der Waals surface area contributed by atoms with Crippen molar-refractivity contribution in [3.8, 4) is 0 Å². The van der Waals surface area contributed by atoms with Gasteiger partial charge in [-0.25, -0.2) is 0 Å². The minimum Gasteiger partial charge on any atom is -0.396 e. The fraction of sp³-hybridized carbons (Fsp3) is 0.300. The number of aliphatic hydroxyl groups excluding tert-OH is 1. The molecular weight excluding hydrogens is 220 g/mol. The maximum Gasteiger partial charge on any atom is 0.151 e. The largest absolute Gasteiger partial charge is 0.396 e. The third-order valence-corrected chi connectivity index (χ3v) is 3.07. The molecule has 0 heterocycles. The molecule has 76 valence electrons. The third kappa shape index (κ3) is 3.33. The molecule has 1 N–H and O–H groups in total. The summed E-state index contributed by atoms with van der Waals surface area (Å²) in [5.74, 6) is 0.805. The van der Waals surface area contributed by atoms with Gasteiger partial charge in [0, 0.05) is 27.8 Å². The van der Waals surface area contributed by atoms with Gasteiger partial charge in [0.2, 0.25) is 0 Å². The van der Waals surface area contributed by atoms with Gasteiger partial charge in [0.1, 0.15) is 0 Å². The van der Waals surface area contributed by atoms with E-state index in [1.54, 1.807) is 23.9 Å². The second-order valence-electron chi connectivity index (χ2n) is 2.73. The first-order valence-electron chi connectivity index (χ1n) is 4.26. The molecule has 1 aromatic carbocycles. The van der Waals surface area contributed by atoms with E-state index in [4.69, 9.17) is 16.7 Å². The SMILES string of the molecule is O=Cc1cc(Cl)ccc1SCCCO. The number of rotatable bonds is 5. The summed E-state index contributed by atoms with van der Waals surface area (Å²) in [7, 11) is 0. The fourth-order valence-electron chi connectivity index (χ4n) is 0.990. The van der Waals surface area contributed by atoms with Crippen LogP contribution in [0.25, 0.3) is 0 Å². The van der Waals surface area contributed by atoms with E-state index in [1.807, 2.05) is 6.07 Å². The Morgan fingerprint density at radius 2 is 2.29 bits per heavy atom. The summed E-state index contributed by atoms with van der Waals surface area (Å²) >= 11 is 7.30. The summed E-state index contributed by atoms with van der Waals surface area (Å²) in [6, 6.07) is 5.24. The molecule has 1 aromatic rings. The number of benzene rings is 1. The van der Waals surface area contributed by atoms with E-state index in [0.29, 0.717) is 10.6 Å². The fourth-order valence-corrected chi connectivity index (χ4v) is 2.10. The first-order valence-corrected chi connectivity index (χ1v) is 5.62. The van der Waals surface area contributed by atoms with Gasteiger partial charge in [-0.05, 0) is 24.6 Å². The standard InChI is InChI=1S/C10H11ClO2S/c11-9-2-3-10(8(6-9)7-13)14-5-1-4-12/h2-3,6-7,12H,1,4-5H2. The second kappa shape index (κ2) is 6.06. The molecule has 0 unspecified atom stereocenters. The molecule has 0 saturated carbocycles. The molecule has 1 rings (SSSR count). The predicted molar refractivity (Wildman–Crippen MR) is 59.3 cm³/mol. The van der Waals surface area contributed by atoms with Crippen molar-refractivity contribution >= 4 is 29.6 Å². The Hall–Kier alpha value is -0.510. The molecule has 0 fully saturated rings. The Morgan fingerprint density at radius 1 is 1.50 bits per heavy atom. The highest BCUT2D eigenvalue weighted by Gasteiger charge is 2.02. The first kappa shape index (κ1) is 11.6. The van der Waals surface area contributed by atoms with Crippen molar-refractivity contribution in [2.24, 2.45) is 0 Å². The Balaban J connectivity index is 2.70. The van der Waals surface area contributed by atoms with Crippen molar-refractivity contribution in [3.05, 3.63) is 28.8 Å². The molecule has 0 aromatic heterocycles. The predicted octanol–water partition coefficient (Wildman–Crippen LogP) is 2.63. The molecule has 0 bridgehead atoms. The molecule has 0 aliphatic carbocycles. The van der Waals surface area contributed by atoms with Crippen LogP contribution in [0.2, 0.25) is 5.02 Å². The summed E-state index contributed by atoms with van der Waals surface area (Å²) < 4.78 is 0. The lowest BCUT2D eigenvalue weighted by Crippen LogP contribution is -1.89. The molecule has 0 atom stereocenters. The van der Waals surface area contributed by atoms with E-state index in [-0.39, 0.29) is 6.61 Å². The molecule has 4 heteroatoms. The van der Waals surface area contributed by atoms with E-state index >= 15 is 0 Å². The van der Waals surface area contributed by atoms with Crippen LogP contribution in [0.15, 0.2) is 23.1 Å². The summed E-state index contributed by atoms with van der Waals surface area (Å²) in [5.41, 5.74) is 0.612. The molecule has 0 radical (unpaired) electrons. The quantitative estimate of drug-likeness (QED) is 0.480. The van der Waals surface area contributed by atoms with E-state index in [0.717, 1.165) is 23.4 Å². The lowest BCUT2D eigenvalue weighted by atomic mass is 10.2. The van der Waals surface area contributed by atoms with Crippen molar-refractivity contribution in [2.45, 2.75) is 11.3 Å². The molecule has 0 amide bonds. The average molecular weight is 231 g/mol. The van der Waals surface area contributed by atoms with Gasteiger partial charge in [-0.3, -0.25) is 4.79 Å². The van der Waals surface area contributed by atoms with Crippen LogP contribution in [-0.4, -0.2) is 23.8 Å². The van der Waals surface area contributed by atoms with Crippen molar-refractivity contribution in [2.75, 3.05) is 12.4 Å². The van der Waals surface area contributed by atoms with E-state index in [2.05, 4.69) is 0 Å². The van der Waals surface area contributed by atoms with Crippen LogP contribution < -0.4 is 0 Å². The van der Waals surface area contributed by atoms with Crippen LogP contribution in [0.5, 0.6) is 0 Å². The lowest BCUT2D eigenvalue weighted by Gasteiger charge is -2.03. The molecular formula is C10H11ClO2S. The monoisotopic (exact) mass is 230 g/mol. The summed E-state index contributed by atoms with van der Waals surface area (Å²) in [5, 5.41) is 9.18. The normalized spacial score (nSPS) is 10.1. The summed E-state index contributed by atoms with van der Waals surface area (Å²) in [4.78, 5) is 11.6. The van der Waals surface area contributed by atoms with Gasteiger partial charge in [0.05, 0.1) is 0 Å². The highest BCUT2D eigenvalue weighted by atomic mass is 35.5. The number of halogens is 1. The Kier molecular flexibility index (Phi) is 5.01. The first-order chi connectivity index (χ1) is 6.77. The summed E-state index contributed by atoms with van der Waals surface area (Å²) in [6.07, 6.45) is 1.53. The zero-order valence-electron chi connectivity index (χ0n) is 7.57. The van der Waals surface area contributed by atoms with Crippen molar-refractivity contribution in [1.82, 2.24) is 0 Å². The number of aldehydes is 1. The van der Waals surface area contributed by atoms with Crippen LogP contribution in [0.4, 0.5) is 0 Å². The maximum atomic E-state index is 10.7. The van der Waals surface area contributed by atoms with Gasteiger partial charge < -0.3 is 5.11 Å². The molecule has 0 aliphatic heterocycles. The highest BCUT2D eigenvalue weighted by molar-refractivity contribution is 7.99. The zero-order valence-corrected chi connectivity index (χ0v) is 9.14. The smallest absolute Gasteiger partial charge is 0.151 e. The molecule has 2 nitrogen and oxygen atoms in total. The van der Waals surface area contributed by atoms with E-state index in [1.165, 1.54) is 0 Å². The molecule has 0 spiro atoms. The maximum absolute atomic E-state index is 10.7. The Bertz CT molecular complexity index is 315. The van der Waals surface area contributed by atoms with E-state index in [9.17, 15) is 4.79 Å². The minimum absolute atomic E-state index is 0.178. The number of hydrogen-bond acceptors (Lipinski definition) is 3. The van der Waals surface area contributed by atoms with Crippen LogP contribution in [-0.2, 0) is 0 Å². The zero-order chi connectivity index (χ0) is 10.4. The third-order valence-electron chi connectivity index (χ3n) is 1.66. The average Bonchev–Trinajstić information content (AvgIpc) is 2.20. The van der Waals surface area contributed by atoms with Crippen LogP contribution in [0.1, 0.15) is 16.8 Å². The van der Waals surface area contributed by atoms with Crippen molar-refractivity contribution < 1.29 is 9.90 Å². The molecule has 14 heavy (non-hydrogen) atoms. The van der Waals surface area contributed by atoms with Gasteiger partial charge in [-0.15, -0.1) is 11.8 Å². The van der Waals surface area contributed by atoms with Crippen LogP contribution in [0, 0.1) is 0 Å². The second-order valence-corrected chi connectivity index (χ2v) is 4.30. The van der Waals surface area contributed by atoms with Crippen LogP contribution in [0.3, 0.4) is 0 Å². The van der Waals surface area contributed by atoms with Gasteiger partial charge in [-0.1, -0.05) is 11.6 Å². The topological polar surface area (TPSA) is 37.3 Å². The van der Waals surface area contributed by atoms with Gasteiger partial charge >= 0.3 is 0 Å². The highest BCUT2D eigenvalue weighted by Crippen LogP contribution is 2.24. The number of hydrogen-bond donors (Lipinski definition) is 1. The van der Waals surface area contributed by atoms with Crippen LogP contribution >= 0.6 is 23.4 Å². The number of aliphatic hydroxyl groups is 1. The number of thioether (sulfide) groups is 1. The van der Waals surface area contributed by atoms with Gasteiger partial charge in [-0.2, -0.15) is 0 Å². The van der Waals surface area contributed by atoms with Crippen molar-refractivity contribution in [3.63, 3.8) is 0 Å². The Morgan fingerprint density at radius 3 is 2.93 bits per heavy atom. The Labute approximate surface area is 92.3 Å². The van der Waals surface area contributed by atoms with Crippen molar-refractivity contribution in [1.29, 1.82) is 0 Å². The lowest BCUT2D eigenvalue weighted by molar-refractivity contribution is 0.112. The summed E-state index contributed by atoms with van der Waals surface area (Å²) in [6.45, 7) is 0.178. The molecule has 0 aliphatic rings. The number of carbonyl (C=O) groups excluding carboxylic acids is 1. The number of carbonyl (C=O) groups is 1. The van der Waals surface area contributed by atoms with Gasteiger partial charge in [0.25, 0.3) is 0 Å². The van der Waals surface area contributed by atoms with E-state index < -0.39 is 0 Å². The van der Waals surface area contributed by atoms with Gasteiger partial charge in [0.15, 0.2) is 6.29 Å². The molecule has 0 saturated heterocycles.